The highest BCUT2D eigenvalue weighted by Crippen LogP contribution is 2.40. The Morgan fingerprint density at radius 1 is 0.977 bits per heavy atom. The largest absolute Gasteiger partial charge is 0.416 e. The summed E-state index contributed by atoms with van der Waals surface area (Å²) < 4.78 is 39.5. The third kappa shape index (κ3) is 4.77. The van der Waals surface area contributed by atoms with Crippen LogP contribution in [0.2, 0.25) is 0 Å². The zero-order valence-corrected chi connectivity index (χ0v) is 23.3. The number of piperidine rings is 1. The second-order valence-electron chi connectivity index (χ2n) is 11.5. The number of fused-ring (bicyclic) bond motifs is 3. The summed E-state index contributed by atoms with van der Waals surface area (Å²) in [6.45, 7) is 1.06. The van der Waals surface area contributed by atoms with E-state index in [4.69, 9.17) is 15.0 Å². The van der Waals surface area contributed by atoms with Crippen LogP contribution in [0.5, 0.6) is 0 Å². The molecular weight excluding hydrogens is 571 g/mol. The van der Waals surface area contributed by atoms with Crippen LogP contribution >= 0.6 is 0 Å². The van der Waals surface area contributed by atoms with Gasteiger partial charge in [-0.15, -0.1) is 0 Å². The summed E-state index contributed by atoms with van der Waals surface area (Å²) in [5, 5.41) is 11.8. The normalized spacial score (nSPS) is 19.6. The standard InChI is InChI=1S/C31H26F3N9O/c32-31(33,34)19-9-10-35-25(11-19)30(44)43-20-12-21(43)16-42(15-20)27-8-7-18(14-36-27)28-37-23-4-2-1-3-22(23)29(39-28)38-26-13-24(40-41-26)17-5-6-17/h1-4,7-11,13-14,17,20-21H,5-6,12,15-16H2,(H2,37,38,39,40,41). The maximum Gasteiger partial charge on any atom is 0.416 e. The lowest BCUT2D eigenvalue weighted by molar-refractivity contribution is -0.137. The molecule has 1 aliphatic carbocycles. The monoisotopic (exact) mass is 597 g/mol. The first-order valence-electron chi connectivity index (χ1n) is 14.5. The fraction of sp³-hybridized carbons (Fsp3) is 0.290. The molecule has 2 bridgehead atoms. The molecule has 4 fully saturated rings. The smallest absolute Gasteiger partial charge is 0.352 e. The highest BCUT2D eigenvalue weighted by atomic mass is 19.4. The van der Waals surface area contributed by atoms with E-state index < -0.39 is 17.6 Å². The molecule has 44 heavy (non-hydrogen) atoms. The first kappa shape index (κ1) is 26.5. The maximum absolute atomic E-state index is 13.2. The van der Waals surface area contributed by atoms with E-state index in [2.05, 4.69) is 25.4 Å². The van der Waals surface area contributed by atoms with Crippen molar-refractivity contribution in [2.24, 2.45) is 0 Å². The molecule has 222 valence electrons. The van der Waals surface area contributed by atoms with Crippen LogP contribution in [-0.2, 0) is 6.18 Å². The summed E-state index contributed by atoms with van der Waals surface area (Å²) >= 11 is 0. The van der Waals surface area contributed by atoms with Gasteiger partial charge in [0.1, 0.15) is 17.3 Å². The zero-order chi connectivity index (χ0) is 30.0. The summed E-state index contributed by atoms with van der Waals surface area (Å²) in [4.78, 5) is 35.0. The van der Waals surface area contributed by atoms with Gasteiger partial charge < -0.3 is 15.1 Å². The summed E-state index contributed by atoms with van der Waals surface area (Å²) in [5.41, 5.74) is 1.59. The number of nitrogens with one attached hydrogen (secondary N) is 2. The number of para-hydroxylation sites is 1. The lowest BCUT2D eigenvalue weighted by atomic mass is 9.86. The molecule has 4 aromatic heterocycles. The molecule has 1 aromatic carbocycles. The lowest BCUT2D eigenvalue weighted by Gasteiger charge is -2.56. The molecule has 2 N–H and O–H groups in total. The number of carbonyl (C=O) groups excluding carboxylic acids is 1. The number of piperazine rings is 1. The van der Waals surface area contributed by atoms with Gasteiger partial charge in [-0.25, -0.2) is 15.0 Å². The van der Waals surface area contributed by atoms with Crippen LogP contribution in [0.25, 0.3) is 22.3 Å². The SMILES string of the molecule is O=C(c1cc(C(F)(F)F)ccn1)N1C2CC1CN(c1ccc(-c3nc(Nc4cc(C5CC5)[nH]n4)c4ccccc4n3)cn1)C2. The van der Waals surface area contributed by atoms with Crippen LogP contribution in [0.15, 0.2) is 67.0 Å². The van der Waals surface area contributed by atoms with Gasteiger partial charge in [-0.05, 0) is 55.7 Å². The van der Waals surface area contributed by atoms with Gasteiger partial charge in [0, 0.05) is 54.1 Å². The van der Waals surface area contributed by atoms with Gasteiger partial charge in [-0.1, -0.05) is 12.1 Å². The quantitative estimate of drug-likeness (QED) is 0.262. The first-order valence-corrected chi connectivity index (χ1v) is 14.5. The highest BCUT2D eigenvalue weighted by Gasteiger charge is 2.48. The molecule has 5 aromatic rings. The fourth-order valence-corrected chi connectivity index (χ4v) is 6.12. The number of halogens is 3. The fourth-order valence-electron chi connectivity index (χ4n) is 6.12. The molecule has 0 radical (unpaired) electrons. The second kappa shape index (κ2) is 10.00. The molecule has 7 heterocycles. The third-order valence-corrected chi connectivity index (χ3v) is 8.53. The maximum atomic E-state index is 13.2. The van der Waals surface area contributed by atoms with E-state index in [1.54, 1.807) is 11.1 Å². The molecule has 13 heteroatoms. The molecule has 0 spiro atoms. The Labute approximate surface area is 249 Å². The number of alkyl halides is 3. The molecular formula is C31H26F3N9O. The highest BCUT2D eigenvalue weighted by molar-refractivity contribution is 5.94. The lowest BCUT2D eigenvalue weighted by Crippen LogP contribution is -2.70. The van der Waals surface area contributed by atoms with E-state index in [1.165, 1.54) is 12.8 Å². The minimum absolute atomic E-state index is 0.126. The summed E-state index contributed by atoms with van der Waals surface area (Å²) in [5.74, 6) is 2.71. The van der Waals surface area contributed by atoms with Gasteiger partial charge in [0.25, 0.3) is 5.91 Å². The minimum Gasteiger partial charge on any atom is -0.352 e. The van der Waals surface area contributed by atoms with Crippen LogP contribution in [0.4, 0.5) is 30.6 Å². The van der Waals surface area contributed by atoms with Gasteiger partial charge in [0.15, 0.2) is 11.6 Å². The van der Waals surface area contributed by atoms with E-state index in [9.17, 15) is 18.0 Å². The Morgan fingerprint density at radius 3 is 2.55 bits per heavy atom. The zero-order valence-electron chi connectivity index (χ0n) is 23.3. The van der Waals surface area contributed by atoms with Crippen molar-refractivity contribution in [1.82, 2.24) is 35.0 Å². The molecule has 1 saturated carbocycles. The first-order chi connectivity index (χ1) is 21.3. The Bertz CT molecular complexity index is 1870. The number of benzene rings is 1. The summed E-state index contributed by atoms with van der Waals surface area (Å²) in [6.07, 6.45) is 1.38. The number of nitrogens with zero attached hydrogens (tertiary/aromatic N) is 7. The second-order valence-corrected chi connectivity index (χ2v) is 11.5. The van der Waals surface area contributed by atoms with Crippen LogP contribution in [0.3, 0.4) is 0 Å². The topological polar surface area (TPSA) is 116 Å². The van der Waals surface area contributed by atoms with Crippen molar-refractivity contribution in [2.75, 3.05) is 23.3 Å². The van der Waals surface area contributed by atoms with Crippen molar-refractivity contribution in [3.05, 3.63) is 83.9 Å². The van der Waals surface area contributed by atoms with Crippen LogP contribution in [-0.4, -0.2) is 66.1 Å². The van der Waals surface area contributed by atoms with Crippen molar-refractivity contribution in [3.63, 3.8) is 0 Å². The number of H-pyrrole nitrogens is 1. The number of amides is 1. The Hall–Kier alpha value is -5.07. The number of aromatic amines is 1. The van der Waals surface area contributed by atoms with Crippen molar-refractivity contribution < 1.29 is 18.0 Å². The molecule has 4 aliphatic rings. The number of aromatic nitrogens is 6. The van der Waals surface area contributed by atoms with Crippen LogP contribution in [0, 0.1) is 0 Å². The van der Waals surface area contributed by atoms with Gasteiger partial charge in [-0.2, -0.15) is 18.3 Å². The molecule has 9 rings (SSSR count). The predicted molar refractivity (Wildman–Crippen MR) is 156 cm³/mol. The average Bonchev–Trinajstić information content (AvgIpc) is 3.79. The van der Waals surface area contributed by atoms with Gasteiger partial charge in [0.05, 0.1) is 23.2 Å². The predicted octanol–water partition coefficient (Wildman–Crippen LogP) is 5.55. The third-order valence-electron chi connectivity index (χ3n) is 8.53. The van der Waals surface area contributed by atoms with Gasteiger partial charge in [-0.3, -0.25) is 14.9 Å². The van der Waals surface area contributed by atoms with Crippen molar-refractivity contribution >= 4 is 34.3 Å². The number of carbonyl (C=O) groups is 1. The van der Waals surface area contributed by atoms with Gasteiger partial charge in [0.2, 0.25) is 0 Å². The summed E-state index contributed by atoms with van der Waals surface area (Å²) in [7, 11) is 0. The number of hydrogen-bond acceptors (Lipinski definition) is 8. The number of anilines is 3. The van der Waals surface area contributed by atoms with E-state index >= 15 is 0 Å². The van der Waals surface area contributed by atoms with E-state index in [1.807, 2.05) is 42.5 Å². The number of pyridine rings is 2. The van der Waals surface area contributed by atoms with Gasteiger partial charge >= 0.3 is 6.18 Å². The Morgan fingerprint density at radius 2 is 1.80 bits per heavy atom. The number of hydrogen-bond donors (Lipinski definition) is 2. The molecule has 3 saturated heterocycles. The molecule has 2 unspecified atom stereocenters. The van der Waals surface area contributed by atoms with Crippen molar-refractivity contribution in [1.29, 1.82) is 0 Å². The Kier molecular flexibility index (Phi) is 6.03. The summed E-state index contributed by atoms with van der Waals surface area (Å²) in [6, 6.07) is 15.1. The molecule has 3 aliphatic heterocycles. The average molecular weight is 598 g/mol. The molecule has 10 nitrogen and oxygen atoms in total. The number of rotatable bonds is 6. The van der Waals surface area contributed by atoms with E-state index in [0.717, 1.165) is 52.7 Å². The van der Waals surface area contributed by atoms with Crippen molar-refractivity contribution in [3.8, 4) is 11.4 Å². The van der Waals surface area contributed by atoms with Crippen LogP contribution in [0.1, 0.15) is 46.9 Å². The van der Waals surface area contributed by atoms with Crippen molar-refractivity contribution in [2.45, 2.75) is 43.4 Å². The minimum atomic E-state index is -4.54. The molecule has 1 amide bonds. The van der Waals surface area contributed by atoms with Crippen LogP contribution < -0.4 is 10.2 Å². The van der Waals surface area contributed by atoms with E-state index in [0.29, 0.717) is 36.5 Å². The Balaban J connectivity index is 0.993. The molecule has 2 atom stereocenters. The van der Waals surface area contributed by atoms with E-state index in [-0.39, 0.29) is 17.8 Å².